The van der Waals surface area contributed by atoms with Gasteiger partial charge in [0.1, 0.15) is 5.75 Å². The van der Waals surface area contributed by atoms with Crippen molar-refractivity contribution in [1.82, 2.24) is 0 Å². The van der Waals surface area contributed by atoms with Crippen molar-refractivity contribution in [2.75, 3.05) is 12.4 Å². The second-order valence-corrected chi connectivity index (χ2v) is 6.14. The van der Waals surface area contributed by atoms with Gasteiger partial charge in [0.15, 0.2) is 0 Å². The molecule has 0 aromatic heterocycles. The number of amides is 1. The standard InChI is InChI=1S/C20H23NO4/c1-14(10-16-7-3-4-9-18(16)25-2)11-19(22)21-17-8-5-6-15(12-17)13-20(23)24/h3-9,12,14H,10-11,13H2,1-2H3,(H,21,22)(H,23,24). The monoisotopic (exact) mass is 341 g/mol. The molecule has 2 aromatic carbocycles. The number of hydrogen-bond donors (Lipinski definition) is 2. The Kier molecular flexibility index (Phi) is 6.57. The third kappa shape index (κ3) is 5.95. The molecule has 0 bridgehead atoms. The van der Waals surface area contributed by atoms with E-state index in [1.807, 2.05) is 31.2 Å². The number of rotatable bonds is 8. The van der Waals surface area contributed by atoms with Crippen LogP contribution in [0.2, 0.25) is 0 Å². The molecule has 0 aliphatic rings. The summed E-state index contributed by atoms with van der Waals surface area (Å²) in [6.07, 6.45) is 1.06. The van der Waals surface area contributed by atoms with Gasteiger partial charge >= 0.3 is 5.97 Å². The maximum absolute atomic E-state index is 12.2. The van der Waals surface area contributed by atoms with Crippen LogP contribution >= 0.6 is 0 Å². The first kappa shape index (κ1) is 18.5. The largest absolute Gasteiger partial charge is 0.496 e. The third-order valence-corrected chi connectivity index (χ3v) is 3.86. The molecule has 132 valence electrons. The lowest BCUT2D eigenvalue weighted by Gasteiger charge is -2.14. The van der Waals surface area contributed by atoms with Crippen LogP contribution < -0.4 is 10.1 Å². The van der Waals surface area contributed by atoms with E-state index in [0.29, 0.717) is 17.7 Å². The van der Waals surface area contributed by atoms with Gasteiger partial charge in [-0.3, -0.25) is 9.59 Å². The average molecular weight is 341 g/mol. The number of nitrogens with one attached hydrogen (secondary N) is 1. The van der Waals surface area contributed by atoms with Crippen LogP contribution in [0.1, 0.15) is 24.5 Å². The molecular formula is C20H23NO4. The summed E-state index contributed by atoms with van der Waals surface area (Å²) in [4.78, 5) is 23.0. The van der Waals surface area contributed by atoms with E-state index in [-0.39, 0.29) is 18.2 Å². The molecule has 1 unspecified atom stereocenters. The van der Waals surface area contributed by atoms with E-state index in [1.54, 1.807) is 31.4 Å². The van der Waals surface area contributed by atoms with E-state index in [0.717, 1.165) is 17.7 Å². The molecule has 2 N–H and O–H groups in total. The van der Waals surface area contributed by atoms with Crippen molar-refractivity contribution in [3.63, 3.8) is 0 Å². The topological polar surface area (TPSA) is 75.6 Å². The number of carboxylic acid groups (broad SMARTS) is 1. The Morgan fingerprint density at radius 1 is 1.16 bits per heavy atom. The van der Waals surface area contributed by atoms with E-state index in [9.17, 15) is 9.59 Å². The molecule has 0 spiro atoms. The van der Waals surface area contributed by atoms with Crippen LogP contribution in [0.15, 0.2) is 48.5 Å². The third-order valence-electron chi connectivity index (χ3n) is 3.86. The molecule has 0 aliphatic heterocycles. The number of hydrogen-bond acceptors (Lipinski definition) is 3. The average Bonchev–Trinajstić information content (AvgIpc) is 2.54. The molecule has 0 heterocycles. The van der Waals surface area contributed by atoms with Gasteiger partial charge in [-0.05, 0) is 41.7 Å². The summed E-state index contributed by atoms with van der Waals surface area (Å²) in [6, 6.07) is 14.7. The maximum Gasteiger partial charge on any atom is 0.307 e. The number of para-hydroxylation sites is 1. The van der Waals surface area contributed by atoms with Gasteiger partial charge in [0.05, 0.1) is 13.5 Å². The van der Waals surface area contributed by atoms with Gasteiger partial charge in [-0.15, -0.1) is 0 Å². The van der Waals surface area contributed by atoms with Gasteiger partial charge in [0.2, 0.25) is 5.91 Å². The minimum Gasteiger partial charge on any atom is -0.496 e. The second kappa shape index (κ2) is 8.87. The van der Waals surface area contributed by atoms with Crippen molar-refractivity contribution in [1.29, 1.82) is 0 Å². The Bertz CT molecular complexity index is 742. The molecule has 0 radical (unpaired) electrons. The van der Waals surface area contributed by atoms with Gasteiger partial charge in [-0.25, -0.2) is 0 Å². The molecule has 0 saturated heterocycles. The fraction of sp³-hybridized carbons (Fsp3) is 0.300. The van der Waals surface area contributed by atoms with Gasteiger partial charge in [0, 0.05) is 12.1 Å². The van der Waals surface area contributed by atoms with Crippen LogP contribution in [0.3, 0.4) is 0 Å². The fourth-order valence-corrected chi connectivity index (χ4v) is 2.78. The molecule has 0 saturated carbocycles. The molecule has 0 fully saturated rings. The lowest BCUT2D eigenvalue weighted by molar-refractivity contribution is -0.136. The summed E-state index contributed by atoms with van der Waals surface area (Å²) >= 11 is 0. The first-order valence-electron chi connectivity index (χ1n) is 8.20. The highest BCUT2D eigenvalue weighted by Gasteiger charge is 2.13. The number of aliphatic carboxylic acids is 1. The fourth-order valence-electron chi connectivity index (χ4n) is 2.78. The Morgan fingerprint density at radius 3 is 2.64 bits per heavy atom. The summed E-state index contributed by atoms with van der Waals surface area (Å²) in [5, 5.41) is 11.7. The molecule has 2 rings (SSSR count). The van der Waals surface area contributed by atoms with Crippen molar-refractivity contribution in [2.24, 2.45) is 5.92 Å². The number of benzene rings is 2. The predicted octanol–water partition coefficient (Wildman–Crippen LogP) is 3.53. The summed E-state index contributed by atoms with van der Waals surface area (Å²) in [5.74, 6) is -0.00147. The highest BCUT2D eigenvalue weighted by Crippen LogP contribution is 2.22. The van der Waals surface area contributed by atoms with Crippen molar-refractivity contribution in [3.05, 3.63) is 59.7 Å². The van der Waals surface area contributed by atoms with E-state index in [4.69, 9.17) is 9.84 Å². The smallest absolute Gasteiger partial charge is 0.307 e. The molecule has 1 amide bonds. The van der Waals surface area contributed by atoms with Gasteiger partial charge in [-0.1, -0.05) is 37.3 Å². The Labute approximate surface area is 147 Å². The minimum atomic E-state index is -0.895. The maximum atomic E-state index is 12.2. The highest BCUT2D eigenvalue weighted by molar-refractivity contribution is 5.91. The summed E-state index contributed by atoms with van der Waals surface area (Å²) in [5.41, 5.74) is 2.36. The number of methoxy groups -OCH3 is 1. The Balaban J connectivity index is 1.92. The molecule has 5 nitrogen and oxygen atoms in total. The van der Waals surface area contributed by atoms with Gasteiger partial charge in [0.25, 0.3) is 0 Å². The molecular weight excluding hydrogens is 318 g/mol. The molecule has 0 aliphatic carbocycles. The van der Waals surface area contributed by atoms with Crippen LogP contribution in [-0.2, 0) is 22.4 Å². The predicted molar refractivity (Wildman–Crippen MR) is 96.9 cm³/mol. The van der Waals surface area contributed by atoms with E-state index >= 15 is 0 Å². The summed E-state index contributed by atoms with van der Waals surface area (Å²) in [6.45, 7) is 2.02. The van der Waals surface area contributed by atoms with E-state index in [1.165, 1.54) is 0 Å². The zero-order chi connectivity index (χ0) is 18.2. The summed E-state index contributed by atoms with van der Waals surface area (Å²) in [7, 11) is 1.64. The van der Waals surface area contributed by atoms with Crippen LogP contribution in [0.5, 0.6) is 5.75 Å². The first-order valence-corrected chi connectivity index (χ1v) is 8.20. The number of anilines is 1. The Morgan fingerprint density at radius 2 is 1.92 bits per heavy atom. The minimum absolute atomic E-state index is 0.0616. The van der Waals surface area contributed by atoms with Crippen molar-refractivity contribution in [2.45, 2.75) is 26.2 Å². The normalized spacial score (nSPS) is 11.6. The number of carbonyl (C=O) groups excluding carboxylic acids is 1. The SMILES string of the molecule is COc1ccccc1CC(C)CC(=O)Nc1cccc(CC(=O)O)c1. The number of carboxylic acids is 1. The molecule has 5 heteroatoms. The first-order chi connectivity index (χ1) is 12.0. The van der Waals surface area contributed by atoms with Crippen LogP contribution in [0, 0.1) is 5.92 Å². The lowest BCUT2D eigenvalue weighted by atomic mass is 9.97. The van der Waals surface area contributed by atoms with Gasteiger partial charge in [-0.2, -0.15) is 0 Å². The van der Waals surface area contributed by atoms with E-state index < -0.39 is 5.97 Å². The van der Waals surface area contributed by atoms with Gasteiger partial charge < -0.3 is 15.2 Å². The van der Waals surface area contributed by atoms with Crippen LogP contribution in [0.4, 0.5) is 5.69 Å². The van der Waals surface area contributed by atoms with Crippen molar-refractivity contribution in [3.8, 4) is 5.75 Å². The molecule has 2 aromatic rings. The van der Waals surface area contributed by atoms with Crippen molar-refractivity contribution >= 4 is 17.6 Å². The zero-order valence-corrected chi connectivity index (χ0v) is 14.5. The van der Waals surface area contributed by atoms with Crippen LogP contribution in [-0.4, -0.2) is 24.1 Å². The highest BCUT2D eigenvalue weighted by atomic mass is 16.5. The number of ether oxygens (including phenoxy) is 1. The zero-order valence-electron chi connectivity index (χ0n) is 14.5. The van der Waals surface area contributed by atoms with E-state index in [2.05, 4.69) is 5.32 Å². The quantitative estimate of drug-likeness (QED) is 0.770. The Hall–Kier alpha value is -2.82. The van der Waals surface area contributed by atoms with Crippen LogP contribution in [0.25, 0.3) is 0 Å². The molecule has 1 atom stereocenters. The molecule has 25 heavy (non-hydrogen) atoms. The van der Waals surface area contributed by atoms with Crippen molar-refractivity contribution < 1.29 is 19.4 Å². The lowest BCUT2D eigenvalue weighted by Crippen LogP contribution is -2.16. The number of carbonyl (C=O) groups is 2. The second-order valence-electron chi connectivity index (χ2n) is 6.14. The summed E-state index contributed by atoms with van der Waals surface area (Å²) < 4.78 is 5.34.